The number of aromatic nitrogens is 4. The van der Waals surface area contributed by atoms with Gasteiger partial charge in [-0.05, 0) is 23.6 Å². The Morgan fingerprint density at radius 2 is 2.04 bits per heavy atom. The van der Waals surface area contributed by atoms with Crippen molar-refractivity contribution in [2.45, 2.75) is 6.42 Å². The number of anilines is 1. The standard InChI is InChI=1S/C20H18BN5O/c1-25-19(27)11-18(17-7-8-22-13-23-17)24-20(25)26-9-3-5-15(12-26)14-4-2-6-16(21)10-14/h2,4-8,10-11,13H,3,9,12H2,1H3. The Morgan fingerprint density at radius 3 is 2.81 bits per heavy atom. The van der Waals surface area contributed by atoms with E-state index in [0.29, 0.717) is 23.9 Å². The molecule has 0 spiro atoms. The molecule has 0 N–H and O–H groups in total. The van der Waals surface area contributed by atoms with Crippen LogP contribution in [0.5, 0.6) is 0 Å². The number of hydrogen-bond donors (Lipinski definition) is 0. The van der Waals surface area contributed by atoms with Gasteiger partial charge in [-0.3, -0.25) is 9.36 Å². The molecule has 3 aromatic rings. The molecule has 3 heterocycles. The Morgan fingerprint density at radius 1 is 1.15 bits per heavy atom. The predicted molar refractivity (Wildman–Crippen MR) is 107 cm³/mol. The van der Waals surface area contributed by atoms with Gasteiger partial charge in [-0.25, -0.2) is 15.0 Å². The molecule has 0 amide bonds. The molecule has 0 saturated heterocycles. The Hall–Kier alpha value is -3.22. The molecule has 132 valence electrons. The summed E-state index contributed by atoms with van der Waals surface area (Å²) in [7, 11) is 7.67. The van der Waals surface area contributed by atoms with E-state index in [0.717, 1.165) is 24.0 Å². The van der Waals surface area contributed by atoms with Gasteiger partial charge in [-0.2, -0.15) is 0 Å². The Bertz CT molecular complexity index is 1060. The third kappa shape index (κ3) is 3.53. The van der Waals surface area contributed by atoms with Gasteiger partial charge in [0, 0.05) is 32.4 Å². The van der Waals surface area contributed by atoms with Crippen molar-refractivity contribution in [3.63, 3.8) is 0 Å². The maximum atomic E-state index is 12.5. The molecule has 1 aliphatic rings. The minimum atomic E-state index is -0.117. The first-order valence-corrected chi connectivity index (χ1v) is 8.76. The lowest BCUT2D eigenvalue weighted by molar-refractivity contribution is 0.726. The Kier molecular flexibility index (Phi) is 4.58. The van der Waals surface area contributed by atoms with Crippen molar-refractivity contribution >= 4 is 24.8 Å². The molecule has 0 aliphatic carbocycles. The van der Waals surface area contributed by atoms with Crippen molar-refractivity contribution in [3.8, 4) is 11.4 Å². The number of hydrogen-bond acceptors (Lipinski definition) is 5. The first-order valence-electron chi connectivity index (χ1n) is 8.76. The van der Waals surface area contributed by atoms with Crippen LogP contribution < -0.4 is 15.9 Å². The van der Waals surface area contributed by atoms with Crippen LogP contribution in [0.1, 0.15) is 12.0 Å². The van der Waals surface area contributed by atoms with E-state index in [-0.39, 0.29) is 5.56 Å². The van der Waals surface area contributed by atoms with Crippen molar-refractivity contribution in [2.75, 3.05) is 18.0 Å². The quantitative estimate of drug-likeness (QED) is 0.664. The zero-order valence-electron chi connectivity index (χ0n) is 15.0. The van der Waals surface area contributed by atoms with E-state index in [4.69, 9.17) is 12.8 Å². The summed E-state index contributed by atoms with van der Waals surface area (Å²) in [5.41, 5.74) is 4.07. The maximum absolute atomic E-state index is 12.5. The smallest absolute Gasteiger partial charge is 0.255 e. The molecule has 1 aliphatic heterocycles. The van der Waals surface area contributed by atoms with E-state index in [2.05, 4.69) is 27.0 Å². The predicted octanol–water partition coefficient (Wildman–Crippen LogP) is 1.32. The van der Waals surface area contributed by atoms with E-state index in [1.54, 1.807) is 23.9 Å². The van der Waals surface area contributed by atoms with Crippen LogP contribution in [-0.2, 0) is 7.05 Å². The first kappa shape index (κ1) is 17.2. The minimum absolute atomic E-state index is 0.117. The van der Waals surface area contributed by atoms with E-state index < -0.39 is 0 Å². The lowest BCUT2D eigenvalue weighted by Gasteiger charge is -2.30. The normalized spacial score (nSPS) is 14.1. The molecular weight excluding hydrogens is 337 g/mol. The molecule has 0 fully saturated rings. The molecule has 7 heteroatoms. The summed E-state index contributed by atoms with van der Waals surface area (Å²) >= 11 is 0. The van der Waals surface area contributed by atoms with Gasteiger partial charge in [0.25, 0.3) is 5.56 Å². The minimum Gasteiger partial charge on any atom is -0.338 e. The van der Waals surface area contributed by atoms with Gasteiger partial charge in [0.2, 0.25) is 5.95 Å². The zero-order valence-corrected chi connectivity index (χ0v) is 15.0. The van der Waals surface area contributed by atoms with Crippen molar-refractivity contribution in [1.82, 2.24) is 19.5 Å². The lowest BCUT2D eigenvalue weighted by atomic mass is 9.91. The van der Waals surface area contributed by atoms with Crippen LogP contribution in [-0.4, -0.2) is 40.5 Å². The van der Waals surface area contributed by atoms with Gasteiger partial charge in [0.1, 0.15) is 14.2 Å². The molecule has 2 radical (unpaired) electrons. The summed E-state index contributed by atoms with van der Waals surface area (Å²) in [6.07, 6.45) is 6.19. The van der Waals surface area contributed by atoms with E-state index in [1.165, 1.54) is 18.0 Å². The second kappa shape index (κ2) is 7.19. The molecule has 4 rings (SSSR count). The highest BCUT2D eigenvalue weighted by molar-refractivity contribution is 6.32. The molecule has 6 nitrogen and oxygen atoms in total. The summed E-state index contributed by atoms with van der Waals surface area (Å²) in [5.74, 6) is 0.630. The van der Waals surface area contributed by atoms with Gasteiger partial charge in [0.05, 0.1) is 11.4 Å². The summed E-state index contributed by atoms with van der Waals surface area (Å²) < 4.78 is 1.58. The number of benzene rings is 1. The molecular formula is C20H18BN5O. The number of rotatable bonds is 3. The first-order chi connectivity index (χ1) is 13.1. The highest BCUT2D eigenvalue weighted by Gasteiger charge is 2.19. The van der Waals surface area contributed by atoms with Crippen molar-refractivity contribution in [2.24, 2.45) is 7.05 Å². The molecule has 0 bridgehead atoms. The van der Waals surface area contributed by atoms with Gasteiger partial charge in [-0.15, -0.1) is 0 Å². The fourth-order valence-electron chi connectivity index (χ4n) is 3.25. The molecule has 0 saturated carbocycles. The average Bonchev–Trinajstić information content (AvgIpc) is 2.71. The molecule has 0 unspecified atom stereocenters. The Balaban J connectivity index is 1.70. The fraction of sp³-hybridized carbons (Fsp3) is 0.200. The summed E-state index contributed by atoms with van der Waals surface area (Å²) in [4.78, 5) is 27.5. The third-order valence-electron chi connectivity index (χ3n) is 4.65. The van der Waals surface area contributed by atoms with Crippen LogP contribution in [0, 0.1) is 0 Å². The summed E-state index contributed by atoms with van der Waals surface area (Å²) in [6.45, 7) is 1.45. The molecule has 27 heavy (non-hydrogen) atoms. The van der Waals surface area contributed by atoms with Crippen molar-refractivity contribution in [3.05, 3.63) is 70.9 Å². The monoisotopic (exact) mass is 355 g/mol. The Labute approximate surface area is 158 Å². The SMILES string of the molecule is [B]c1cccc(C2=CCCN(c3nc(-c4ccncn4)cc(=O)n3C)C2)c1. The van der Waals surface area contributed by atoms with Gasteiger partial charge in [-0.1, -0.05) is 35.8 Å². The van der Waals surface area contributed by atoms with Crippen LogP contribution in [0.3, 0.4) is 0 Å². The summed E-state index contributed by atoms with van der Waals surface area (Å²) in [5, 5.41) is 0. The maximum Gasteiger partial charge on any atom is 0.255 e. The zero-order chi connectivity index (χ0) is 18.8. The number of nitrogens with zero attached hydrogens (tertiary/aromatic N) is 5. The van der Waals surface area contributed by atoms with Gasteiger partial charge in [0.15, 0.2) is 0 Å². The molecule has 1 aromatic carbocycles. The van der Waals surface area contributed by atoms with Crippen molar-refractivity contribution in [1.29, 1.82) is 0 Å². The van der Waals surface area contributed by atoms with Crippen LogP contribution in [0.15, 0.2) is 59.8 Å². The van der Waals surface area contributed by atoms with Gasteiger partial charge >= 0.3 is 0 Å². The highest BCUT2D eigenvalue weighted by atomic mass is 16.1. The van der Waals surface area contributed by atoms with E-state index in [1.807, 2.05) is 18.2 Å². The second-order valence-corrected chi connectivity index (χ2v) is 6.50. The van der Waals surface area contributed by atoms with E-state index in [9.17, 15) is 4.79 Å². The highest BCUT2D eigenvalue weighted by Crippen LogP contribution is 2.24. The summed E-state index contributed by atoms with van der Waals surface area (Å²) in [6, 6.07) is 11.1. The molecule has 0 atom stereocenters. The van der Waals surface area contributed by atoms with Gasteiger partial charge < -0.3 is 4.90 Å². The van der Waals surface area contributed by atoms with Crippen LogP contribution in [0.25, 0.3) is 17.0 Å². The molecule has 2 aromatic heterocycles. The third-order valence-corrected chi connectivity index (χ3v) is 4.65. The average molecular weight is 355 g/mol. The van der Waals surface area contributed by atoms with Crippen molar-refractivity contribution < 1.29 is 0 Å². The second-order valence-electron chi connectivity index (χ2n) is 6.50. The van der Waals surface area contributed by atoms with Crippen LogP contribution >= 0.6 is 0 Å². The van der Waals surface area contributed by atoms with Crippen LogP contribution in [0.4, 0.5) is 5.95 Å². The van der Waals surface area contributed by atoms with E-state index >= 15 is 0 Å². The lowest BCUT2D eigenvalue weighted by Crippen LogP contribution is -2.35. The topological polar surface area (TPSA) is 63.9 Å². The largest absolute Gasteiger partial charge is 0.338 e. The van der Waals surface area contributed by atoms with Crippen LogP contribution in [0.2, 0.25) is 0 Å². The fourth-order valence-corrected chi connectivity index (χ4v) is 3.25.